The molecule has 0 bridgehead atoms. The van der Waals surface area contributed by atoms with Gasteiger partial charge in [0.2, 0.25) is 0 Å². The number of methoxy groups -OCH3 is 1. The molecule has 0 atom stereocenters. The normalized spacial score (nSPS) is 7.00. The Morgan fingerprint density at radius 2 is 1.62 bits per heavy atom. The second-order valence-corrected chi connectivity index (χ2v) is 1.77. The minimum absolute atomic E-state index is 0.760. The smallest absolute Gasteiger partial charge is 0.119 e. The van der Waals surface area contributed by atoms with E-state index < -0.39 is 0 Å². The van der Waals surface area contributed by atoms with Crippen molar-refractivity contribution in [1.82, 2.24) is 0 Å². The molecule has 0 saturated heterocycles. The first-order valence-electron chi connectivity index (χ1n) is 3.52. The Hall–Kier alpha value is -1.55. The van der Waals surface area contributed by atoms with Crippen molar-refractivity contribution in [2.24, 2.45) is 0 Å². The molecule has 0 fully saturated rings. The Morgan fingerprint density at radius 1 is 1.23 bits per heavy atom. The van der Waals surface area contributed by atoms with Crippen LogP contribution >= 0.6 is 0 Å². The summed E-state index contributed by atoms with van der Waals surface area (Å²) in [7, 11) is 2.63. The van der Waals surface area contributed by atoms with E-state index in [9.17, 15) is 0 Å². The molecular weight excluding hydrogens is 168 g/mol. The van der Waals surface area contributed by atoms with Crippen molar-refractivity contribution in [3.63, 3.8) is 0 Å². The van der Waals surface area contributed by atoms with Crippen LogP contribution in [0.3, 0.4) is 0 Å². The summed E-state index contributed by atoms with van der Waals surface area (Å²) in [5, 5.41) is 12.5. The van der Waals surface area contributed by atoms with Gasteiger partial charge in [0, 0.05) is 12.8 Å². The number of hydrogen-bond donors (Lipinski definition) is 3. The van der Waals surface area contributed by atoms with Crippen molar-refractivity contribution >= 4 is 12.4 Å². The van der Waals surface area contributed by atoms with Crippen molar-refractivity contribution in [3.05, 3.63) is 24.3 Å². The number of aliphatic hydroxyl groups excluding tert-OH is 1. The molecule has 4 N–H and O–H groups in total. The summed E-state index contributed by atoms with van der Waals surface area (Å²) in [4.78, 5) is 0. The molecule has 0 saturated carbocycles. The monoisotopic (exact) mass is 184 g/mol. The summed E-state index contributed by atoms with van der Waals surface area (Å²) in [5.41, 5.74) is 6.19. The van der Waals surface area contributed by atoms with Crippen LogP contribution in [0.25, 0.3) is 0 Å². The first-order chi connectivity index (χ1) is 6.33. The summed E-state index contributed by atoms with van der Waals surface area (Å²) in [6, 6.07) is 7.27. The maximum Gasteiger partial charge on any atom is 0.119 e. The van der Waals surface area contributed by atoms with Crippen molar-refractivity contribution in [3.8, 4) is 5.75 Å². The van der Waals surface area contributed by atoms with Gasteiger partial charge in [-0.2, -0.15) is 0 Å². The second kappa shape index (κ2) is 10.4. The fraction of sp³-hybridized carbons (Fsp3) is 0.222. The zero-order valence-corrected chi connectivity index (χ0v) is 7.95. The fourth-order valence-corrected chi connectivity index (χ4v) is 0.604. The van der Waals surface area contributed by atoms with Crippen LogP contribution in [0.1, 0.15) is 0 Å². The van der Waals surface area contributed by atoms with E-state index in [-0.39, 0.29) is 0 Å². The molecule has 74 valence electrons. The molecule has 0 radical (unpaired) electrons. The van der Waals surface area contributed by atoms with Gasteiger partial charge in [0.1, 0.15) is 5.75 Å². The minimum atomic E-state index is 0.760. The fourth-order valence-electron chi connectivity index (χ4n) is 0.604. The lowest BCUT2D eigenvalue weighted by Crippen LogP contribution is -1.84. The Morgan fingerprint density at radius 3 is 1.92 bits per heavy atom. The standard InChI is InChI=1S/C7H9NO.CH3N.CH4O/c1-9-7-4-2-6(8)3-5-7;2*1-2/h2-5H,8H2,1H3;2H,1H2;2H,1H3. The molecule has 0 heterocycles. The lowest BCUT2D eigenvalue weighted by molar-refractivity contribution is 0.399. The van der Waals surface area contributed by atoms with E-state index in [1.165, 1.54) is 0 Å². The van der Waals surface area contributed by atoms with Crippen LogP contribution in [0.5, 0.6) is 5.75 Å². The summed E-state index contributed by atoms with van der Waals surface area (Å²) in [6.07, 6.45) is 0. The van der Waals surface area contributed by atoms with E-state index >= 15 is 0 Å². The van der Waals surface area contributed by atoms with Crippen LogP contribution in [-0.2, 0) is 0 Å². The zero-order chi connectivity index (χ0) is 10.7. The zero-order valence-electron chi connectivity index (χ0n) is 7.95. The van der Waals surface area contributed by atoms with E-state index in [0.717, 1.165) is 18.5 Å². The van der Waals surface area contributed by atoms with Crippen LogP contribution in [0.4, 0.5) is 5.69 Å². The highest BCUT2D eigenvalue weighted by atomic mass is 16.5. The van der Waals surface area contributed by atoms with Crippen molar-refractivity contribution in [1.29, 1.82) is 5.41 Å². The molecule has 0 aliphatic rings. The van der Waals surface area contributed by atoms with Crippen molar-refractivity contribution in [2.45, 2.75) is 0 Å². The predicted octanol–water partition coefficient (Wildman–Crippen LogP) is 1.15. The minimum Gasteiger partial charge on any atom is -0.497 e. The largest absolute Gasteiger partial charge is 0.497 e. The van der Waals surface area contributed by atoms with Gasteiger partial charge in [-0.25, -0.2) is 0 Å². The third-order valence-corrected chi connectivity index (χ3v) is 1.12. The quantitative estimate of drug-likeness (QED) is 0.452. The number of anilines is 1. The van der Waals surface area contributed by atoms with Crippen LogP contribution in [0, 0.1) is 5.41 Å². The number of benzene rings is 1. The third-order valence-electron chi connectivity index (χ3n) is 1.12. The van der Waals surface area contributed by atoms with E-state index in [1.807, 2.05) is 12.1 Å². The molecule has 4 heteroatoms. The Balaban J connectivity index is 0. The van der Waals surface area contributed by atoms with E-state index in [0.29, 0.717) is 0 Å². The molecule has 1 rings (SSSR count). The molecule has 13 heavy (non-hydrogen) atoms. The molecule has 0 aliphatic heterocycles. The molecular formula is C9H16N2O2. The number of rotatable bonds is 1. The number of nitrogens with one attached hydrogen (secondary N) is 1. The number of nitrogen functional groups attached to an aromatic ring is 1. The molecule has 0 amide bonds. The number of hydrogen-bond acceptors (Lipinski definition) is 4. The summed E-state index contributed by atoms with van der Waals surface area (Å²) < 4.78 is 4.91. The molecule has 0 unspecified atom stereocenters. The third kappa shape index (κ3) is 6.83. The van der Waals surface area contributed by atoms with Gasteiger partial charge < -0.3 is 21.0 Å². The highest BCUT2D eigenvalue weighted by Gasteiger charge is 1.86. The van der Waals surface area contributed by atoms with Crippen LogP contribution in [-0.4, -0.2) is 26.0 Å². The Bertz CT molecular complexity index is 199. The van der Waals surface area contributed by atoms with E-state index in [4.69, 9.17) is 21.0 Å². The highest BCUT2D eigenvalue weighted by molar-refractivity contribution is 5.41. The summed E-state index contributed by atoms with van der Waals surface area (Å²) >= 11 is 0. The van der Waals surface area contributed by atoms with Gasteiger partial charge >= 0.3 is 0 Å². The van der Waals surface area contributed by atoms with Gasteiger partial charge in [-0.15, -0.1) is 0 Å². The van der Waals surface area contributed by atoms with Crippen molar-refractivity contribution < 1.29 is 9.84 Å². The lowest BCUT2D eigenvalue weighted by Gasteiger charge is -1.97. The molecule has 1 aromatic carbocycles. The van der Waals surface area contributed by atoms with Gasteiger partial charge in [-0.3, -0.25) is 0 Å². The SMILES string of the molecule is C=N.CO.COc1ccc(N)cc1. The molecule has 0 spiro atoms. The second-order valence-electron chi connectivity index (χ2n) is 1.77. The number of aliphatic hydroxyl groups is 1. The van der Waals surface area contributed by atoms with Gasteiger partial charge in [-0.05, 0) is 31.0 Å². The average molecular weight is 184 g/mol. The first kappa shape index (κ1) is 14.0. The van der Waals surface area contributed by atoms with Gasteiger partial charge in [0.15, 0.2) is 0 Å². The Labute approximate surface area is 78.5 Å². The molecule has 4 nitrogen and oxygen atoms in total. The first-order valence-corrected chi connectivity index (χ1v) is 3.52. The molecule has 0 aromatic heterocycles. The molecule has 1 aromatic rings. The number of ether oxygens (including phenoxy) is 1. The number of nitrogens with two attached hydrogens (primary N) is 1. The Kier molecular flexibility index (Phi) is 11.3. The van der Waals surface area contributed by atoms with E-state index in [2.05, 4.69) is 6.72 Å². The van der Waals surface area contributed by atoms with Crippen LogP contribution in [0.15, 0.2) is 24.3 Å². The highest BCUT2D eigenvalue weighted by Crippen LogP contribution is 2.11. The maximum absolute atomic E-state index is 7.00. The van der Waals surface area contributed by atoms with Gasteiger partial charge in [0.05, 0.1) is 7.11 Å². The van der Waals surface area contributed by atoms with Gasteiger partial charge in [-0.1, -0.05) is 0 Å². The van der Waals surface area contributed by atoms with Crippen LogP contribution in [0.2, 0.25) is 0 Å². The topological polar surface area (TPSA) is 79.3 Å². The van der Waals surface area contributed by atoms with Gasteiger partial charge in [0.25, 0.3) is 0 Å². The summed E-state index contributed by atoms with van der Waals surface area (Å²) in [6.45, 7) is 2.50. The summed E-state index contributed by atoms with van der Waals surface area (Å²) in [5.74, 6) is 0.837. The lowest BCUT2D eigenvalue weighted by atomic mass is 10.3. The van der Waals surface area contributed by atoms with E-state index in [1.54, 1.807) is 19.2 Å². The van der Waals surface area contributed by atoms with Crippen molar-refractivity contribution in [2.75, 3.05) is 20.0 Å². The van der Waals surface area contributed by atoms with Crippen LogP contribution < -0.4 is 10.5 Å². The predicted molar refractivity (Wildman–Crippen MR) is 55.4 cm³/mol. The average Bonchev–Trinajstić information content (AvgIpc) is 2.25. The maximum atomic E-state index is 7.00. The molecule has 0 aliphatic carbocycles.